The molecule has 5 heteroatoms. The van der Waals surface area contributed by atoms with Crippen molar-refractivity contribution in [1.82, 2.24) is 9.88 Å². The molecule has 1 saturated heterocycles. The lowest BCUT2D eigenvalue weighted by Gasteiger charge is -2.27. The van der Waals surface area contributed by atoms with Crippen LogP contribution in [0.5, 0.6) is 0 Å². The number of amides is 1. The van der Waals surface area contributed by atoms with Crippen LogP contribution in [0.4, 0.5) is 5.69 Å². The molecule has 126 valence electrons. The first-order valence-electron chi connectivity index (χ1n) is 8.41. The summed E-state index contributed by atoms with van der Waals surface area (Å²) in [7, 11) is 0. The van der Waals surface area contributed by atoms with Gasteiger partial charge in [0.2, 0.25) is 5.91 Å². The number of nitrogens with one attached hydrogen (secondary N) is 2. The molecule has 1 amide bonds. The molecular weight excluding hydrogens is 302 g/mol. The Hall–Kier alpha value is -2.40. The van der Waals surface area contributed by atoms with Crippen LogP contribution in [0.3, 0.4) is 0 Å². The number of carbonyl (C=O) groups excluding carboxylic acids is 1. The quantitative estimate of drug-likeness (QED) is 0.906. The van der Waals surface area contributed by atoms with Crippen molar-refractivity contribution in [1.29, 1.82) is 0 Å². The fraction of sp³-hybridized carbons (Fsp3) is 0.368. The summed E-state index contributed by atoms with van der Waals surface area (Å²) in [6.07, 6.45) is 3.36. The summed E-state index contributed by atoms with van der Waals surface area (Å²) >= 11 is 0. The molecule has 2 atom stereocenters. The van der Waals surface area contributed by atoms with E-state index in [4.69, 9.17) is 0 Å². The van der Waals surface area contributed by atoms with Gasteiger partial charge in [-0.3, -0.25) is 9.59 Å². The van der Waals surface area contributed by atoms with Crippen molar-refractivity contribution in [3.63, 3.8) is 0 Å². The van der Waals surface area contributed by atoms with E-state index >= 15 is 0 Å². The van der Waals surface area contributed by atoms with E-state index in [9.17, 15) is 9.59 Å². The maximum atomic E-state index is 12.6. The van der Waals surface area contributed by atoms with Crippen LogP contribution < -0.4 is 16.2 Å². The SMILES string of the molecule is C[C@H]1C[C@@H](C(=O)Nc2cccn(Cc3ccccc3)c2=O)CCN1. The molecule has 0 bridgehead atoms. The fourth-order valence-electron chi connectivity index (χ4n) is 3.14. The number of aromatic nitrogens is 1. The van der Waals surface area contributed by atoms with E-state index in [0.717, 1.165) is 24.9 Å². The molecular formula is C19H23N3O2. The molecule has 1 fully saturated rings. The lowest BCUT2D eigenvalue weighted by molar-refractivity contribution is -0.120. The molecule has 0 spiro atoms. The van der Waals surface area contributed by atoms with Gasteiger partial charge < -0.3 is 15.2 Å². The highest BCUT2D eigenvalue weighted by Crippen LogP contribution is 2.17. The minimum Gasteiger partial charge on any atom is -0.321 e. The molecule has 1 aromatic carbocycles. The zero-order valence-electron chi connectivity index (χ0n) is 13.9. The van der Waals surface area contributed by atoms with E-state index in [0.29, 0.717) is 18.3 Å². The average molecular weight is 325 g/mol. The third-order valence-electron chi connectivity index (χ3n) is 4.47. The fourth-order valence-corrected chi connectivity index (χ4v) is 3.14. The number of anilines is 1. The number of nitrogens with zero attached hydrogens (tertiary/aromatic N) is 1. The molecule has 1 aromatic heterocycles. The maximum Gasteiger partial charge on any atom is 0.274 e. The Balaban J connectivity index is 1.73. The summed E-state index contributed by atoms with van der Waals surface area (Å²) in [6, 6.07) is 13.6. The molecule has 0 radical (unpaired) electrons. The predicted octanol–water partition coefficient (Wildman–Crippen LogP) is 2.22. The molecule has 0 unspecified atom stereocenters. The van der Waals surface area contributed by atoms with Crippen LogP contribution in [-0.2, 0) is 11.3 Å². The Morgan fingerprint density at radius 1 is 1.25 bits per heavy atom. The molecule has 0 aliphatic carbocycles. The normalized spacial score (nSPS) is 20.5. The molecule has 0 saturated carbocycles. The van der Waals surface area contributed by atoms with E-state index in [1.807, 2.05) is 30.3 Å². The highest BCUT2D eigenvalue weighted by atomic mass is 16.2. The molecule has 24 heavy (non-hydrogen) atoms. The highest BCUT2D eigenvalue weighted by molar-refractivity contribution is 5.92. The van der Waals surface area contributed by atoms with E-state index in [-0.39, 0.29) is 17.4 Å². The van der Waals surface area contributed by atoms with E-state index in [2.05, 4.69) is 17.6 Å². The Bertz CT molecular complexity index is 755. The van der Waals surface area contributed by atoms with E-state index < -0.39 is 0 Å². The van der Waals surface area contributed by atoms with Gasteiger partial charge in [0.15, 0.2) is 0 Å². The zero-order chi connectivity index (χ0) is 16.9. The second-order valence-corrected chi connectivity index (χ2v) is 6.41. The minimum absolute atomic E-state index is 0.0385. The minimum atomic E-state index is -0.170. The van der Waals surface area contributed by atoms with Crippen molar-refractivity contribution in [2.45, 2.75) is 32.4 Å². The van der Waals surface area contributed by atoms with Gasteiger partial charge in [0.25, 0.3) is 5.56 Å². The van der Waals surface area contributed by atoms with Crippen molar-refractivity contribution in [2.75, 3.05) is 11.9 Å². The van der Waals surface area contributed by atoms with Gasteiger partial charge in [0, 0.05) is 18.2 Å². The van der Waals surface area contributed by atoms with Crippen LogP contribution in [-0.4, -0.2) is 23.1 Å². The lowest BCUT2D eigenvalue weighted by Crippen LogP contribution is -2.40. The smallest absolute Gasteiger partial charge is 0.274 e. The summed E-state index contributed by atoms with van der Waals surface area (Å²) in [4.78, 5) is 25.0. The van der Waals surface area contributed by atoms with Gasteiger partial charge in [-0.25, -0.2) is 0 Å². The van der Waals surface area contributed by atoms with Crippen LogP contribution >= 0.6 is 0 Å². The predicted molar refractivity (Wildman–Crippen MR) is 95.1 cm³/mol. The number of hydrogen-bond donors (Lipinski definition) is 2. The number of pyridine rings is 1. The number of carbonyl (C=O) groups is 1. The number of hydrogen-bond acceptors (Lipinski definition) is 3. The van der Waals surface area contributed by atoms with Crippen molar-refractivity contribution >= 4 is 11.6 Å². The zero-order valence-corrected chi connectivity index (χ0v) is 13.9. The van der Waals surface area contributed by atoms with Crippen LogP contribution in [0.1, 0.15) is 25.3 Å². The van der Waals surface area contributed by atoms with E-state index in [1.165, 1.54) is 0 Å². The van der Waals surface area contributed by atoms with Gasteiger partial charge in [-0.2, -0.15) is 0 Å². The van der Waals surface area contributed by atoms with Crippen molar-refractivity contribution in [2.24, 2.45) is 5.92 Å². The second-order valence-electron chi connectivity index (χ2n) is 6.41. The van der Waals surface area contributed by atoms with Crippen LogP contribution in [0.15, 0.2) is 53.5 Å². The molecule has 5 nitrogen and oxygen atoms in total. The van der Waals surface area contributed by atoms with Gasteiger partial charge >= 0.3 is 0 Å². The Kier molecular flexibility index (Phi) is 5.11. The summed E-state index contributed by atoms with van der Waals surface area (Å²) in [6.45, 7) is 3.41. The van der Waals surface area contributed by atoms with Gasteiger partial charge in [-0.1, -0.05) is 30.3 Å². The first-order valence-corrected chi connectivity index (χ1v) is 8.41. The van der Waals surface area contributed by atoms with Crippen LogP contribution in [0.25, 0.3) is 0 Å². The summed E-state index contributed by atoms with van der Waals surface area (Å²) < 4.78 is 1.62. The largest absolute Gasteiger partial charge is 0.321 e. The third-order valence-corrected chi connectivity index (χ3v) is 4.47. The van der Waals surface area contributed by atoms with Crippen LogP contribution in [0, 0.1) is 5.92 Å². The number of benzene rings is 1. The Morgan fingerprint density at radius 3 is 2.79 bits per heavy atom. The summed E-state index contributed by atoms with van der Waals surface area (Å²) in [5.74, 6) is -0.0960. The summed E-state index contributed by atoms with van der Waals surface area (Å²) in [5, 5.41) is 6.16. The summed E-state index contributed by atoms with van der Waals surface area (Å²) in [5.41, 5.74) is 1.23. The van der Waals surface area contributed by atoms with Gasteiger partial charge in [-0.05, 0) is 44.0 Å². The monoisotopic (exact) mass is 325 g/mol. The highest BCUT2D eigenvalue weighted by Gasteiger charge is 2.25. The van der Waals surface area contributed by atoms with Gasteiger partial charge in [0.05, 0.1) is 6.54 Å². The molecule has 1 aliphatic rings. The Labute approximate surface area is 141 Å². The molecule has 2 aromatic rings. The van der Waals surface area contributed by atoms with Gasteiger partial charge in [0.1, 0.15) is 5.69 Å². The number of rotatable bonds is 4. The maximum absolute atomic E-state index is 12.6. The number of piperidine rings is 1. The molecule has 2 heterocycles. The van der Waals surface area contributed by atoms with Crippen molar-refractivity contribution in [3.05, 3.63) is 64.6 Å². The van der Waals surface area contributed by atoms with E-state index in [1.54, 1.807) is 22.9 Å². The Morgan fingerprint density at radius 2 is 2.04 bits per heavy atom. The van der Waals surface area contributed by atoms with Crippen LogP contribution in [0.2, 0.25) is 0 Å². The molecule has 1 aliphatic heterocycles. The standard InChI is InChI=1S/C19H23N3O2/c1-14-12-16(9-10-20-14)18(23)21-17-8-5-11-22(19(17)24)13-15-6-3-2-4-7-15/h2-8,11,14,16,20H,9-10,12-13H2,1H3,(H,21,23)/t14-,16-/m0/s1. The first kappa shape index (κ1) is 16.5. The van der Waals surface area contributed by atoms with Crippen molar-refractivity contribution < 1.29 is 4.79 Å². The van der Waals surface area contributed by atoms with Gasteiger partial charge in [-0.15, -0.1) is 0 Å². The first-order chi connectivity index (χ1) is 11.6. The third kappa shape index (κ3) is 3.92. The van der Waals surface area contributed by atoms with Crippen molar-refractivity contribution in [3.8, 4) is 0 Å². The average Bonchev–Trinajstić information content (AvgIpc) is 2.59. The topological polar surface area (TPSA) is 63.1 Å². The lowest BCUT2D eigenvalue weighted by atomic mass is 9.92. The molecule has 3 rings (SSSR count). The molecule has 2 N–H and O–H groups in total. The second kappa shape index (κ2) is 7.45.